The second kappa shape index (κ2) is 9.84. The van der Waals surface area contributed by atoms with Crippen LogP contribution in [0.3, 0.4) is 0 Å². The first-order valence-electron chi connectivity index (χ1n) is 2.40. The van der Waals surface area contributed by atoms with Crippen LogP contribution in [-0.2, 0) is 14.8 Å². The molecule has 0 amide bonds. The monoisotopic (exact) mass is 344 g/mol. The third-order valence-electron chi connectivity index (χ3n) is 0.728. The minimum absolute atomic E-state index is 0. The van der Waals surface area contributed by atoms with Crippen LogP contribution >= 0.6 is 23.2 Å². The van der Waals surface area contributed by atoms with Gasteiger partial charge in [0.25, 0.3) is 0 Å². The summed E-state index contributed by atoms with van der Waals surface area (Å²) in [4.78, 5) is 0. The molecule has 0 heterocycles. The molecular formula is C6H4Cl2ILiZn+2. The topological polar surface area (TPSA) is 0 Å². The van der Waals surface area contributed by atoms with Gasteiger partial charge in [-0.15, -0.1) is 29.3 Å². The Labute approximate surface area is 109 Å². The van der Waals surface area contributed by atoms with Crippen molar-refractivity contribution in [3.05, 3.63) is 34.3 Å². The van der Waals surface area contributed by atoms with Gasteiger partial charge in [-0.3, -0.25) is 0 Å². The van der Waals surface area contributed by atoms with Crippen LogP contribution in [-0.4, -0.2) is 0 Å². The number of halogens is 3. The summed E-state index contributed by atoms with van der Waals surface area (Å²) in [6.45, 7) is 0. The molecule has 1 rings (SSSR count). The molecule has 0 aliphatic rings. The van der Waals surface area contributed by atoms with Crippen LogP contribution in [0.4, 0.5) is 0 Å². The van der Waals surface area contributed by atoms with Crippen molar-refractivity contribution in [3.63, 3.8) is 0 Å². The maximum atomic E-state index is 5.54. The van der Waals surface area contributed by atoms with Gasteiger partial charge in [0.15, 0.2) is 0 Å². The molecule has 1 aromatic carbocycles. The van der Waals surface area contributed by atoms with Gasteiger partial charge in [-0.25, -0.2) is 0 Å². The third kappa shape index (κ3) is 8.09. The third-order valence-corrected chi connectivity index (χ3v) is 1.18. The molecule has 0 radical (unpaired) electrons. The fraction of sp³-hybridized carbons (Fsp3) is 0. The van der Waals surface area contributed by atoms with Gasteiger partial charge in [0.1, 0.15) is 0 Å². The molecule has 0 unspecified atom stereocenters. The Hall–Kier alpha value is 1.75. The Bertz CT molecular complexity index is 180. The summed E-state index contributed by atoms with van der Waals surface area (Å²) >= 11 is 14.5. The fourth-order valence-electron chi connectivity index (χ4n) is 0.412. The van der Waals surface area contributed by atoms with Crippen molar-refractivity contribution in [2.24, 2.45) is 0 Å². The van der Waals surface area contributed by atoms with Gasteiger partial charge in [-0.2, -0.15) is 18.2 Å². The van der Waals surface area contributed by atoms with Crippen molar-refractivity contribution in [1.29, 1.82) is 0 Å². The minimum atomic E-state index is 0. The van der Waals surface area contributed by atoms with E-state index in [2.05, 4.69) is 25.8 Å². The Balaban J connectivity index is 0. The van der Waals surface area contributed by atoms with E-state index >= 15 is 0 Å². The van der Waals surface area contributed by atoms with Crippen molar-refractivity contribution in [3.8, 4) is 0 Å². The standard InChI is InChI=1S/C6H3Cl2.HI.Li.Zn/c7-5-2-1-3-6(8)4-5;;;/h1-2,4H;1H;;/q-1;;+1;+2. The summed E-state index contributed by atoms with van der Waals surface area (Å²) in [7, 11) is 0. The van der Waals surface area contributed by atoms with Gasteiger partial charge in [-0.1, -0.05) is 10.0 Å². The van der Waals surface area contributed by atoms with Crippen LogP contribution in [0, 0.1) is 6.07 Å². The molecule has 0 atom stereocenters. The first-order valence-corrected chi connectivity index (χ1v) is 12.9. The Kier molecular flexibility index (Phi) is 13.6. The zero-order chi connectivity index (χ0) is 7.98. The van der Waals surface area contributed by atoms with E-state index in [1.54, 1.807) is 18.2 Å². The number of benzene rings is 1. The van der Waals surface area contributed by atoms with Crippen molar-refractivity contribution in [1.82, 2.24) is 0 Å². The fourth-order valence-corrected chi connectivity index (χ4v) is 0.820. The molecule has 0 nitrogen and oxygen atoms in total. The molecule has 0 spiro atoms. The molecule has 0 N–H and O–H groups in total. The van der Waals surface area contributed by atoms with E-state index in [0.29, 0.717) is 10.0 Å². The second-order valence-corrected chi connectivity index (χ2v) is 2.20. The molecule has 0 aliphatic heterocycles. The van der Waals surface area contributed by atoms with E-state index < -0.39 is 0 Å². The van der Waals surface area contributed by atoms with Gasteiger partial charge in [0, 0.05) is 0 Å². The molecule has 0 saturated heterocycles. The number of hydrogen-bond acceptors (Lipinski definition) is 0. The van der Waals surface area contributed by atoms with Crippen molar-refractivity contribution < 1.29 is 53.4 Å². The Morgan fingerprint density at radius 3 is 2.18 bits per heavy atom. The average molecular weight is 346 g/mol. The first kappa shape index (κ1) is 15.2. The molecule has 1 aromatic rings. The second-order valence-electron chi connectivity index (χ2n) is 1.35. The molecule has 0 aromatic heterocycles. The predicted octanol–water partition coefficient (Wildman–Crippen LogP) is -3.47. The molecule has 11 heavy (non-hydrogen) atoms. The zero-order valence-corrected chi connectivity index (χ0v) is 12.9. The average Bonchev–Trinajstić information content (AvgIpc) is 1.91. The van der Waals surface area contributed by atoms with Crippen LogP contribution in [0.5, 0.6) is 0 Å². The summed E-state index contributed by atoms with van der Waals surface area (Å²) in [5, 5.41) is 1.20. The predicted molar refractivity (Wildman–Crippen MR) is 36.7 cm³/mol. The normalized spacial score (nSPS) is 7.36. The summed E-state index contributed by atoms with van der Waals surface area (Å²) in [5.74, 6) is 0. The van der Waals surface area contributed by atoms with Gasteiger partial charge >= 0.3 is 53.4 Å². The van der Waals surface area contributed by atoms with Crippen LogP contribution in [0.25, 0.3) is 0 Å². The van der Waals surface area contributed by atoms with Gasteiger partial charge in [0.05, 0.1) is 0 Å². The Morgan fingerprint density at radius 2 is 1.91 bits per heavy atom. The van der Waals surface area contributed by atoms with Crippen LogP contribution < -0.4 is 38.6 Å². The Morgan fingerprint density at radius 1 is 1.36 bits per heavy atom. The van der Waals surface area contributed by atoms with E-state index in [9.17, 15) is 0 Å². The van der Waals surface area contributed by atoms with E-state index in [-0.39, 0.29) is 18.9 Å². The van der Waals surface area contributed by atoms with E-state index in [1.807, 2.05) is 0 Å². The maximum absolute atomic E-state index is 5.54. The van der Waals surface area contributed by atoms with Gasteiger partial charge in [-0.05, 0) is 0 Å². The molecule has 0 saturated carbocycles. The van der Waals surface area contributed by atoms with Crippen LogP contribution in [0.2, 0.25) is 10.0 Å². The van der Waals surface area contributed by atoms with E-state index in [1.165, 1.54) is 14.8 Å². The summed E-state index contributed by atoms with van der Waals surface area (Å²) in [6.07, 6.45) is 0. The molecule has 0 bridgehead atoms. The van der Waals surface area contributed by atoms with Gasteiger partial charge < -0.3 is 0 Å². The first-order chi connectivity index (χ1) is 4.79. The summed E-state index contributed by atoms with van der Waals surface area (Å²) in [5.41, 5.74) is 0. The van der Waals surface area contributed by atoms with Crippen molar-refractivity contribution in [2.45, 2.75) is 0 Å². The van der Waals surface area contributed by atoms with Crippen molar-refractivity contribution >= 4 is 23.2 Å². The quantitative estimate of drug-likeness (QED) is 0.260. The molecule has 5 heteroatoms. The van der Waals surface area contributed by atoms with Crippen LogP contribution in [0.1, 0.15) is 0 Å². The van der Waals surface area contributed by atoms with Crippen molar-refractivity contribution in [2.75, 3.05) is 0 Å². The molecule has 50 valence electrons. The van der Waals surface area contributed by atoms with E-state index in [4.69, 9.17) is 23.2 Å². The molecular weight excluding hydrogens is 342 g/mol. The van der Waals surface area contributed by atoms with Crippen LogP contribution in [0.15, 0.2) is 18.2 Å². The number of rotatable bonds is 0. The number of hydrogen-bond donors (Lipinski definition) is 0. The summed E-state index contributed by atoms with van der Waals surface area (Å²) in [6, 6.07) is 7.81. The summed E-state index contributed by atoms with van der Waals surface area (Å²) < 4.78 is 0. The molecule has 0 fully saturated rings. The van der Waals surface area contributed by atoms with E-state index in [0.717, 1.165) is 0 Å². The zero-order valence-electron chi connectivity index (χ0n) is 6.10. The van der Waals surface area contributed by atoms with Gasteiger partial charge in [0.2, 0.25) is 0 Å². The molecule has 0 aliphatic carbocycles. The SMILES string of the molecule is Clc1[c-]ccc(Cl)c1.[Li+].[Zn+][IH+].